The van der Waals surface area contributed by atoms with Gasteiger partial charge >= 0.3 is 0 Å². The fourth-order valence-corrected chi connectivity index (χ4v) is 2.68. The molecule has 0 spiro atoms. The van der Waals surface area contributed by atoms with Gasteiger partial charge in [-0.05, 0) is 30.5 Å². The molecule has 0 saturated carbocycles. The van der Waals surface area contributed by atoms with Crippen molar-refractivity contribution >= 4 is 33.3 Å². The van der Waals surface area contributed by atoms with Crippen molar-refractivity contribution in [3.8, 4) is 0 Å². The molecule has 0 aliphatic heterocycles. The molecule has 4 heteroatoms. The molecule has 1 aliphatic rings. The molecule has 0 radical (unpaired) electrons. The molecule has 0 bridgehead atoms. The Balaban J connectivity index is 2.60. The van der Waals surface area contributed by atoms with Crippen molar-refractivity contribution in [3.63, 3.8) is 0 Å². The Hall–Kier alpha value is -0.380. The van der Waals surface area contributed by atoms with Gasteiger partial charge in [0.15, 0.2) is 5.78 Å². The highest BCUT2D eigenvalue weighted by molar-refractivity contribution is 9.10. The van der Waals surface area contributed by atoms with E-state index in [0.29, 0.717) is 23.4 Å². The van der Waals surface area contributed by atoms with Gasteiger partial charge in [-0.25, -0.2) is 0 Å². The Labute approximate surface area is 95.0 Å². The number of ketones is 1. The molecule has 1 atom stereocenters. The summed E-state index contributed by atoms with van der Waals surface area (Å²) in [5.41, 5.74) is 1.49. The summed E-state index contributed by atoms with van der Waals surface area (Å²) in [6, 6.07) is 3.39. The third kappa shape index (κ3) is 1.60. The molecule has 74 valence electrons. The molecule has 2 nitrogen and oxygen atoms in total. The fourth-order valence-electron chi connectivity index (χ4n) is 1.67. The molecular weight excluding hydrogens is 267 g/mol. The molecule has 1 unspecified atom stereocenters. The highest BCUT2D eigenvalue weighted by Gasteiger charge is 2.27. The minimum atomic E-state index is -0.868. The Bertz CT molecular complexity index is 403. The van der Waals surface area contributed by atoms with E-state index in [0.717, 1.165) is 10.0 Å². The second kappa shape index (κ2) is 3.65. The number of fused-ring (bicyclic) bond motifs is 1. The van der Waals surface area contributed by atoms with Crippen molar-refractivity contribution in [2.45, 2.75) is 18.9 Å². The molecule has 0 aromatic heterocycles. The van der Waals surface area contributed by atoms with Crippen molar-refractivity contribution in [3.05, 3.63) is 32.8 Å². The zero-order valence-electron chi connectivity index (χ0n) is 7.26. The van der Waals surface area contributed by atoms with Gasteiger partial charge in [0.2, 0.25) is 0 Å². The van der Waals surface area contributed by atoms with Gasteiger partial charge in [-0.3, -0.25) is 4.79 Å². The zero-order valence-corrected chi connectivity index (χ0v) is 9.60. The standard InChI is InChI=1S/C10H8BrClO2/c11-8-4-5(12)3-7-6(8)1-2-9(13)10(7)14/h3-4,9,13H,1-2H2. The Morgan fingerprint density at radius 3 is 2.93 bits per heavy atom. The van der Waals surface area contributed by atoms with Gasteiger partial charge in [0.25, 0.3) is 0 Å². The maximum absolute atomic E-state index is 11.6. The first-order chi connectivity index (χ1) is 6.59. The van der Waals surface area contributed by atoms with Crippen LogP contribution in [0.25, 0.3) is 0 Å². The van der Waals surface area contributed by atoms with Crippen LogP contribution in [0.2, 0.25) is 5.02 Å². The average molecular weight is 276 g/mol. The lowest BCUT2D eigenvalue weighted by Crippen LogP contribution is -2.27. The number of hydrogen-bond acceptors (Lipinski definition) is 2. The van der Waals surface area contributed by atoms with Crippen LogP contribution in [0.15, 0.2) is 16.6 Å². The normalized spacial score (nSPS) is 20.8. The lowest BCUT2D eigenvalue weighted by Gasteiger charge is -2.20. The van der Waals surface area contributed by atoms with E-state index in [1.54, 1.807) is 12.1 Å². The molecule has 0 saturated heterocycles. The van der Waals surface area contributed by atoms with Gasteiger partial charge in [-0.15, -0.1) is 0 Å². The van der Waals surface area contributed by atoms with Crippen molar-refractivity contribution in [2.24, 2.45) is 0 Å². The fraction of sp³-hybridized carbons (Fsp3) is 0.300. The third-order valence-electron chi connectivity index (χ3n) is 2.40. The number of carbonyl (C=O) groups is 1. The van der Waals surface area contributed by atoms with Gasteiger partial charge in [0.05, 0.1) is 0 Å². The van der Waals surface area contributed by atoms with Crippen LogP contribution in [0.4, 0.5) is 0 Å². The van der Waals surface area contributed by atoms with E-state index in [-0.39, 0.29) is 5.78 Å². The van der Waals surface area contributed by atoms with E-state index < -0.39 is 6.10 Å². The summed E-state index contributed by atoms with van der Waals surface area (Å²) in [6.45, 7) is 0. The Morgan fingerprint density at radius 1 is 1.50 bits per heavy atom. The van der Waals surface area contributed by atoms with Crippen LogP contribution in [0.5, 0.6) is 0 Å². The summed E-state index contributed by atoms with van der Waals surface area (Å²) >= 11 is 9.19. The number of carbonyl (C=O) groups excluding carboxylic acids is 1. The first-order valence-electron chi connectivity index (χ1n) is 4.30. The molecule has 0 heterocycles. The number of aliphatic hydroxyl groups excluding tert-OH is 1. The van der Waals surface area contributed by atoms with Crippen molar-refractivity contribution in [1.82, 2.24) is 0 Å². The molecule has 1 aromatic rings. The van der Waals surface area contributed by atoms with Gasteiger partial charge in [0.1, 0.15) is 6.10 Å². The van der Waals surface area contributed by atoms with Crippen molar-refractivity contribution in [1.29, 1.82) is 0 Å². The number of aliphatic hydroxyl groups is 1. The number of Topliss-reactive ketones (excluding diaryl/α,β-unsaturated/α-hetero) is 1. The van der Waals surface area contributed by atoms with Gasteiger partial charge in [-0.2, -0.15) is 0 Å². The molecular formula is C10H8BrClO2. The first kappa shape index (κ1) is 10.1. The molecule has 0 fully saturated rings. The predicted octanol–water partition coefficient (Wildman–Crippen LogP) is 2.59. The summed E-state index contributed by atoms with van der Waals surface area (Å²) in [6.07, 6.45) is 0.333. The van der Waals surface area contributed by atoms with Crippen LogP contribution in [-0.2, 0) is 6.42 Å². The minimum Gasteiger partial charge on any atom is -0.385 e. The van der Waals surface area contributed by atoms with E-state index in [1.807, 2.05) is 0 Å². The predicted molar refractivity (Wildman–Crippen MR) is 57.8 cm³/mol. The molecule has 1 N–H and O–H groups in total. The Morgan fingerprint density at radius 2 is 2.21 bits per heavy atom. The van der Waals surface area contributed by atoms with Crippen LogP contribution in [0.1, 0.15) is 22.3 Å². The first-order valence-corrected chi connectivity index (χ1v) is 5.47. The summed E-state index contributed by atoms with van der Waals surface area (Å²) < 4.78 is 0.847. The second-order valence-corrected chi connectivity index (χ2v) is 4.62. The molecule has 1 aliphatic carbocycles. The monoisotopic (exact) mass is 274 g/mol. The summed E-state index contributed by atoms with van der Waals surface area (Å²) in [4.78, 5) is 11.6. The highest BCUT2D eigenvalue weighted by Crippen LogP contribution is 2.31. The summed E-state index contributed by atoms with van der Waals surface area (Å²) in [5, 5.41) is 9.91. The lowest BCUT2D eigenvalue weighted by atomic mass is 9.89. The lowest BCUT2D eigenvalue weighted by molar-refractivity contribution is 0.0712. The van der Waals surface area contributed by atoms with Crippen LogP contribution in [0, 0.1) is 0 Å². The minimum absolute atomic E-state index is 0.227. The Kier molecular flexibility index (Phi) is 2.64. The smallest absolute Gasteiger partial charge is 0.191 e. The van der Waals surface area contributed by atoms with E-state index in [9.17, 15) is 9.90 Å². The van der Waals surface area contributed by atoms with Gasteiger partial charge in [-0.1, -0.05) is 27.5 Å². The van der Waals surface area contributed by atoms with Crippen molar-refractivity contribution in [2.75, 3.05) is 0 Å². The highest BCUT2D eigenvalue weighted by atomic mass is 79.9. The molecule has 2 rings (SSSR count). The SMILES string of the molecule is O=C1c2cc(Cl)cc(Br)c2CCC1O. The average Bonchev–Trinajstić information content (AvgIpc) is 2.12. The number of rotatable bonds is 0. The van der Waals surface area contributed by atoms with Gasteiger partial charge < -0.3 is 5.11 Å². The van der Waals surface area contributed by atoms with E-state index in [1.165, 1.54) is 0 Å². The quantitative estimate of drug-likeness (QED) is 0.790. The van der Waals surface area contributed by atoms with Crippen LogP contribution in [-0.4, -0.2) is 17.0 Å². The van der Waals surface area contributed by atoms with Crippen LogP contribution >= 0.6 is 27.5 Å². The summed E-state index contributed by atoms with van der Waals surface area (Å²) in [7, 11) is 0. The maximum Gasteiger partial charge on any atom is 0.191 e. The van der Waals surface area contributed by atoms with Gasteiger partial charge in [0, 0.05) is 15.1 Å². The van der Waals surface area contributed by atoms with Crippen molar-refractivity contribution < 1.29 is 9.90 Å². The van der Waals surface area contributed by atoms with E-state index in [2.05, 4.69) is 15.9 Å². The molecule has 1 aromatic carbocycles. The topological polar surface area (TPSA) is 37.3 Å². The largest absolute Gasteiger partial charge is 0.385 e. The van der Waals surface area contributed by atoms with Crippen LogP contribution in [0.3, 0.4) is 0 Å². The third-order valence-corrected chi connectivity index (χ3v) is 3.32. The number of halogens is 2. The van der Waals surface area contributed by atoms with Crippen LogP contribution < -0.4 is 0 Å². The molecule has 14 heavy (non-hydrogen) atoms. The second-order valence-electron chi connectivity index (χ2n) is 3.33. The van der Waals surface area contributed by atoms with E-state index in [4.69, 9.17) is 11.6 Å². The number of hydrogen-bond donors (Lipinski definition) is 1. The zero-order chi connectivity index (χ0) is 10.3. The number of benzene rings is 1. The van der Waals surface area contributed by atoms with E-state index >= 15 is 0 Å². The molecule has 0 amide bonds. The maximum atomic E-state index is 11.6. The summed E-state index contributed by atoms with van der Waals surface area (Å²) in [5.74, 6) is -0.227.